The Bertz CT molecular complexity index is 439. The molecule has 0 heterocycles. The average molecular weight is 243 g/mol. The number of rotatable bonds is 4. The van der Waals surface area contributed by atoms with E-state index >= 15 is 0 Å². The van der Waals surface area contributed by atoms with Crippen LogP contribution in [0.1, 0.15) is 12.5 Å². The molecule has 1 N–H and O–H groups in total. The average Bonchev–Trinajstić information content (AvgIpc) is 2.91. The van der Waals surface area contributed by atoms with E-state index < -0.39 is 0 Å². The van der Waals surface area contributed by atoms with E-state index in [0.29, 0.717) is 6.61 Å². The molecule has 0 aromatic heterocycles. The van der Waals surface area contributed by atoms with Gasteiger partial charge in [0.1, 0.15) is 6.61 Å². The molecule has 0 saturated heterocycles. The molecule has 1 aromatic carbocycles. The third-order valence-corrected chi connectivity index (χ3v) is 2.91. The predicted molar refractivity (Wildman–Crippen MR) is 71.0 cm³/mol. The number of nitrogens with one attached hydrogen (secondary N) is 1. The summed E-state index contributed by atoms with van der Waals surface area (Å²) >= 11 is 0. The summed E-state index contributed by atoms with van der Waals surface area (Å²) in [6.07, 6.45) is 7.71. The fourth-order valence-corrected chi connectivity index (χ4v) is 1.83. The molecule has 3 nitrogen and oxygen atoms in total. The van der Waals surface area contributed by atoms with Crippen molar-refractivity contribution < 1.29 is 9.53 Å². The van der Waals surface area contributed by atoms with Crippen LogP contribution in [0.5, 0.6) is 0 Å². The Morgan fingerprint density at radius 2 is 1.94 bits per heavy atom. The number of carbonyl (C=O) groups is 1. The first-order chi connectivity index (χ1) is 8.75. The van der Waals surface area contributed by atoms with Gasteiger partial charge >= 0.3 is 6.09 Å². The summed E-state index contributed by atoms with van der Waals surface area (Å²) in [6.45, 7) is 2.27. The number of ether oxygens (including phenoxy) is 1. The van der Waals surface area contributed by atoms with Crippen molar-refractivity contribution in [3.63, 3.8) is 0 Å². The molecule has 1 aliphatic carbocycles. The minimum absolute atomic E-state index is 0.0447. The summed E-state index contributed by atoms with van der Waals surface area (Å²) in [5.74, 6) is 0.259. The van der Waals surface area contributed by atoms with E-state index in [9.17, 15) is 4.79 Å². The Labute approximate surface area is 107 Å². The number of hydrogen-bond acceptors (Lipinski definition) is 2. The number of hydrogen-bond donors (Lipinski definition) is 1. The molecule has 3 heteroatoms. The van der Waals surface area contributed by atoms with Gasteiger partial charge in [0.05, 0.1) is 0 Å². The molecule has 0 saturated carbocycles. The van der Waals surface area contributed by atoms with Gasteiger partial charge in [-0.3, -0.25) is 0 Å². The Hall–Kier alpha value is -2.03. The van der Waals surface area contributed by atoms with Gasteiger partial charge in [0.15, 0.2) is 0 Å². The number of allylic oxidation sites excluding steroid dienone is 2. The largest absolute Gasteiger partial charge is 0.445 e. The molecule has 1 aromatic rings. The zero-order valence-electron chi connectivity index (χ0n) is 10.4. The van der Waals surface area contributed by atoms with E-state index in [1.54, 1.807) is 0 Å². The zero-order valence-corrected chi connectivity index (χ0v) is 10.4. The number of carbonyl (C=O) groups excluding carboxylic acids is 1. The van der Waals surface area contributed by atoms with Gasteiger partial charge in [-0.05, 0) is 12.5 Å². The fourth-order valence-electron chi connectivity index (χ4n) is 1.83. The maximum absolute atomic E-state index is 11.6. The lowest BCUT2D eigenvalue weighted by Gasteiger charge is -2.17. The van der Waals surface area contributed by atoms with Gasteiger partial charge in [0.2, 0.25) is 0 Å². The van der Waals surface area contributed by atoms with Crippen molar-refractivity contribution in [2.45, 2.75) is 19.6 Å². The second-order valence-corrected chi connectivity index (χ2v) is 4.34. The molecule has 0 unspecified atom stereocenters. The lowest BCUT2D eigenvalue weighted by Crippen LogP contribution is -2.36. The van der Waals surface area contributed by atoms with Crippen molar-refractivity contribution >= 4 is 6.09 Å². The number of benzene rings is 1. The smallest absolute Gasteiger partial charge is 0.407 e. The molecule has 94 valence electrons. The Balaban J connectivity index is 1.75. The van der Waals surface area contributed by atoms with Crippen LogP contribution in [-0.2, 0) is 11.3 Å². The van der Waals surface area contributed by atoms with Crippen LogP contribution in [0.3, 0.4) is 0 Å². The second-order valence-electron chi connectivity index (χ2n) is 4.34. The van der Waals surface area contributed by atoms with Crippen LogP contribution in [0.15, 0.2) is 54.6 Å². The molecule has 0 aliphatic heterocycles. The molecule has 0 bridgehead atoms. The summed E-state index contributed by atoms with van der Waals surface area (Å²) in [5, 5.41) is 2.83. The van der Waals surface area contributed by atoms with Gasteiger partial charge in [-0.15, -0.1) is 0 Å². The van der Waals surface area contributed by atoms with Crippen molar-refractivity contribution in [3.05, 3.63) is 60.2 Å². The summed E-state index contributed by atoms with van der Waals surface area (Å²) in [5.41, 5.74) is 0.987. The summed E-state index contributed by atoms with van der Waals surface area (Å²) < 4.78 is 5.16. The van der Waals surface area contributed by atoms with E-state index in [1.165, 1.54) is 0 Å². The molecule has 18 heavy (non-hydrogen) atoms. The lowest BCUT2D eigenvalue weighted by atomic mass is 10.0. The summed E-state index contributed by atoms with van der Waals surface area (Å²) in [4.78, 5) is 11.6. The molecular formula is C15H17NO2. The Morgan fingerprint density at radius 3 is 2.61 bits per heavy atom. The highest BCUT2D eigenvalue weighted by Crippen LogP contribution is 2.13. The van der Waals surface area contributed by atoms with E-state index in [4.69, 9.17) is 4.74 Å². The van der Waals surface area contributed by atoms with Crippen molar-refractivity contribution in [1.29, 1.82) is 0 Å². The minimum Gasteiger partial charge on any atom is -0.445 e. The van der Waals surface area contributed by atoms with Gasteiger partial charge < -0.3 is 10.1 Å². The molecule has 1 amide bonds. The van der Waals surface area contributed by atoms with Crippen LogP contribution in [0, 0.1) is 5.92 Å². The first-order valence-electron chi connectivity index (χ1n) is 6.08. The van der Waals surface area contributed by atoms with Crippen LogP contribution in [0.25, 0.3) is 0 Å². The van der Waals surface area contributed by atoms with Crippen LogP contribution >= 0.6 is 0 Å². The molecule has 0 spiro atoms. The van der Waals surface area contributed by atoms with Crippen molar-refractivity contribution in [2.24, 2.45) is 5.92 Å². The van der Waals surface area contributed by atoms with Gasteiger partial charge in [0.25, 0.3) is 0 Å². The SMILES string of the molecule is C[C@H](NC(=O)OCc1ccccc1)C1C=CC=C1. The van der Waals surface area contributed by atoms with E-state index in [1.807, 2.05) is 49.4 Å². The van der Waals surface area contributed by atoms with E-state index in [2.05, 4.69) is 17.5 Å². The fraction of sp³-hybridized carbons (Fsp3) is 0.267. The topological polar surface area (TPSA) is 38.3 Å². The first-order valence-corrected chi connectivity index (χ1v) is 6.08. The van der Waals surface area contributed by atoms with Gasteiger partial charge in [-0.1, -0.05) is 54.6 Å². The number of amides is 1. The molecule has 0 fully saturated rings. The van der Waals surface area contributed by atoms with Crippen LogP contribution in [0.4, 0.5) is 4.79 Å². The van der Waals surface area contributed by atoms with Gasteiger partial charge in [0, 0.05) is 12.0 Å². The quantitative estimate of drug-likeness (QED) is 0.882. The highest BCUT2D eigenvalue weighted by Gasteiger charge is 2.16. The molecule has 1 aliphatic rings. The third kappa shape index (κ3) is 3.48. The summed E-state index contributed by atoms with van der Waals surface area (Å²) in [7, 11) is 0. The highest BCUT2D eigenvalue weighted by molar-refractivity contribution is 5.67. The zero-order chi connectivity index (χ0) is 12.8. The van der Waals surface area contributed by atoms with Crippen molar-refractivity contribution in [3.8, 4) is 0 Å². The van der Waals surface area contributed by atoms with E-state index in [0.717, 1.165) is 5.56 Å². The van der Waals surface area contributed by atoms with Crippen molar-refractivity contribution in [2.75, 3.05) is 0 Å². The second kappa shape index (κ2) is 6.05. The molecule has 0 radical (unpaired) electrons. The first kappa shape index (κ1) is 12.4. The molecule has 2 rings (SSSR count). The molecule has 1 atom stereocenters. The lowest BCUT2D eigenvalue weighted by molar-refractivity contribution is 0.135. The molecular weight excluding hydrogens is 226 g/mol. The third-order valence-electron chi connectivity index (χ3n) is 2.91. The Kier molecular flexibility index (Phi) is 4.18. The Morgan fingerprint density at radius 1 is 1.28 bits per heavy atom. The van der Waals surface area contributed by atoms with Gasteiger partial charge in [-0.25, -0.2) is 4.79 Å². The van der Waals surface area contributed by atoms with Crippen LogP contribution in [0.2, 0.25) is 0 Å². The summed E-state index contributed by atoms with van der Waals surface area (Å²) in [6, 6.07) is 9.69. The van der Waals surface area contributed by atoms with Crippen molar-refractivity contribution in [1.82, 2.24) is 5.32 Å². The van der Waals surface area contributed by atoms with Crippen LogP contribution in [-0.4, -0.2) is 12.1 Å². The monoisotopic (exact) mass is 243 g/mol. The maximum Gasteiger partial charge on any atom is 0.407 e. The minimum atomic E-state index is -0.375. The standard InChI is InChI=1S/C15H17NO2/c1-12(14-9-5-6-10-14)16-15(17)18-11-13-7-3-2-4-8-13/h2-10,12,14H,11H2,1H3,(H,16,17)/t12-/m0/s1. The normalized spacial score (nSPS) is 15.6. The predicted octanol–water partition coefficient (Wildman–Crippen LogP) is 3.04. The van der Waals surface area contributed by atoms with Crippen LogP contribution < -0.4 is 5.32 Å². The highest BCUT2D eigenvalue weighted by atomic mass is 16.5. The maximum atomic E-state index is 11.6. The number of alkyl carbamates (subject to hydrolysis) is 1. The van der Waals surface area contributed by atoms with E-state index in [-0.39, 0.29) is 18.1 Å². The van der Waals surface area contributed by atoms with Gasteiger partial charge in [-0.2, -0.15) is 0 Å².